The lowest BCUT2D eigenvalue weighted by Crippen LogP contribution is -2.00. The van der Waals surface area contributed by atoms with Crippen LogP contribution in [0.2, 0.25) is 10.0 Å². The Bertz CT molecular complexity index is 1070. The Labute approximate surface area is 169 Å². The van der Waals surface area contributed by atoms with Crippen molar-refractivity contribution in [2.24, 2.45) is 10.2 Å². The van der Waals surface area contributed by atoms with Crippen LogP contribution in [-0.2, 0) is 0 Å². The minimum absolute atomic E-state index is 0.0418. The van der Waals surface area contributed by atoms with Crippen molar-refractivity contribution in [3.63, 3.8) is 0 Å². The summed E-state index contributed by atoms with van der Waals surface area (Å²) in [6.07, 6.45) is 0. The first-order chi connectivity index (χ1) is 13.4. The predicted molar refractivity (Wildman–Crippen MR) is 105 cm³/mol. The van der Waals surface area contributed by atoms with E-state index >= 15 is 0 Å². The van der Waals surface area contributed by atoms with E-state index in [9.17, 15) is 9.90 Å². The Kier molecular flexibility index (Phi) is 5.62. The summed E-state index contributed by atoms with van der Waals surface area (Å²) in [6.45, 7) is 0. The smallest absolute Gasteiger partial charge is 0.295 e. The van der Waals surface area contributed by atoms with Gasteiger partial charge in [-0.15, -0.1) is 10.2 Å². The van der Waals surface area contributed by atoms with Gasteiger partial charge in [0.05, 0.1) is 37.4 Å². The highest BCUT2D eigenvalue weighted by atomic mass is 35.5. The van der Waals surface area contributed by atoms with Crippen LogP contribution >= 0.6 is 23.2 Å². The maximum Gasteiger partial charge on any atom is 0.295 e. The van der Waals surface area contributed by atoms with E-state index in [2.05, 4.69) is 15.2 Å². The SMILES string of the molecule is COc1cc(C(=O)N=Nc2c(O)[nH]c3c(Cl)cc(Cl)cc23)cc(OC)c1OC. The van der Waals surface area contributed by atoms with E-state index < -0.39 is 5.91 Å². The van der Waals surface area contributed by atoms with Gasteiger partial charge in [-0.2, -0.15) is 0 Å². The summed E-state index contributed by atoms with van der Waals surface area (Å²) in [5, 5.41) is 18.7. The zero-order chi connectivity index (χ0) is 20.4. The van der Waals surface area contributed by atoms with Crippen molar-refractivity contribution in [2.45, 2.75) is 0 Å². The van der Waals surface area contributed by atoms with Crippen LogP contribution in [-0.4, -0.2) is 37.3 Å². The standard InChI is InChI=1S/C18H15Cl2N3O5/c1-26-12-4-8(5-13(27-2)16(12)28-3)17(24)23-22-15-10-6-9(19)7-11(20)14(10)21-18(15)25/h4-7,21,25H,1-3H3. The topological polar surface area (TPSA) is 106 Å². The molecule has 0 saturated carbocycles. The number of benzene rings is 2. The second-order valence-electron chi connectivity index (χ2n) is 5.55. The molecule has 28 heavy (non-hydrogen) atoms. The summed E-state index contributed by atoms with van der Waals surface area (Å²) in [4.78, 5) is 15.2. The van der Waals surface area contributed by atoms with E-state index in [1.807, 2.05) is 0 Å². The molecule has 3 rings (SSSR count). The molecule has 0 aliphatic rings. The molecule has 2 aromatic carbocycles. The number of azo groups is 1. The quantitative estimate of drug-likeness (QED) is 0.553. The van der Waals surface area contributed by atoms with E-state index in [1.54, 1.807) is 6.07 Å². The number of hydrogen-bond donors (Lipinski definition) is 2. The van der Waals surface area contributed by atoms with Gasteiger partial charge in [-0.3, -0.25) is 4.79 Å². The third kappa shape index (κ3) is 3.56. The molecule has 1 heterocycles. The number of aromatic nitrogens is 1. The molecule has 0 saturated heterocycles. The highest BCUT2D eigenvalue weighted by Gasteiger charge is 2.18. The maximum atomic E-state index is 12.5. The number of ether oxygens (including phenoxy) is 3. The molecule has 2 N–H and O–H groups in total. The molecule has 0 unspecified atom stereocenters. The van der Waals surface area contributed by atoms with Gasteiger partial charge in [0.2, 0.25) is 11.6 Å². The summed E-state index contributed by atoms with van der Waals surface area (Å²) in [7, 11) is 4.33. The third-order valence-electron chi connectivity index (χ3n) is 3.93. The zero-order valence-corrected chi connectivity index (χ0v) is 16.6. The van der Waals surface area contributed by atoms with Gasteiger partial charge < -0.3 is 24.3 Å². The van der Waals surface area contributed by atoms with E-state index in [0.717, 1.165) is 0 Å². The van der Waals surface area contributed by atoms with Crippen LogP contribution in [0, 0.1) is 0 Å². The predicted octanol–water partition coefficient (Wildman–Crippen LogP) is 5.13. The van der Waals surface area contributed by atoms with Gasteiger partial charge in [0.1, 0.15) is 0 Å². The van der Waals surface area contributed by atoms with Crippen molar-refractivity contribution in [3.05, 3.63) is 39.9 Å². The number of carbonyl (C=O) groups is 1. The molecule has 1 amide bonds. The number of rotatable bonds is 5. The zero-order valence-electron chi connectivity index (χ0n) is 15.0. The molecule has 8 nitrogen and oxygen atoms in total. The number of carbonyl (C=O) groups excluding carboxylic acids is 1. The van der Waals surface area contributed by atoms with Gasteiger partial charge >= 0.3 is 0 Å². The van der Waals surface area contributed by atoms with Crippen LogP contribution in [0.25, 0.3) is 10.9 Å². The third-order valence-corrected chi connectivity index (χ3v) is 4.45. The van der Waals surface area contributed by atoms with Gasteiger partial charge in [0, 0.05) is 10.4 Å². The van der Waals surface area contributed by atoms with Crippen LogP contribution < -0.4 is 14.2 Å². The Balaban J connectivity index is 2.01. The molecular weight excluding hydrogens is 409 g/mol. The monoisotopic (exact) mass is 423 g/mol. The molecule has 0 aliphatic carbocycles. The van der Waals surface area contributed by atoms with Crippen LogP contribution in [0.4, 0.5) is 5.69 Å². The summed E-state index contributed by atoms with van der Waals surface area (Å²) in [5.74, 6) is -0.0263. The number of hydrogen-bond acceptors (Lipinski definition) is 6. The lowest BCUT2D eigenvalue weighted by atomic mass is 10.1. The van der Waals surface area contributed by atoms with Crippen molar-refractivity contribution in [3.8, 4) is 23.1 Å². The molecule has 0 atom stereocenters. The normalized spacial score (nSPS) is 11.2. The van der Waals surface area contributed by atoms with Crippen LogP contribution in [0.1, 0.15) is 10.4 Å². The maximum absolute atomic E-state index is 12.5. The molecular formula is C18H15Cl2N3O5. The summed E-state index contributed by atoms with van der Waals surface area (Å²) in [6, 6.07) is 5.97. The fourth-order valence-corrected chi connectivity index (χ4v) is 3.19. The highest BCUT2D eigenvalue weighted by Crippen LogP contribution is 2.41. The number of amides is 1. The first-order valence-corrected chi connectivity index (χ1v) is 8.61. The molecule has 0 spiro atoms. The lowest BCUT2D eigenvalue weighted by molar-refractivity contribution is 0.0994. The van der Waals surface area contributed by atoms with E-state index in [4.69, 9.17) is 37.4 Å². The second-order valence-corrected chi connectivity index (χ2v) is 6.40. The minimum atomic E-state index is -0.680. The number of H-pyrrole nitrogens is 1. The summed E-state index contributed by atoms with van der Waals surface area (Å²) >= 11 is 12.1. The average molecular weight is 424 g/mol. The first kappa shape index (κ1) is 19.8. The Hall–Kier alpha value is -2.97. The molecule has 0 bridgehead atoms. The fourth-order valence-electron chi connectivity index (χ4n) is 2.65. The van der Waals surface area contributed by atoms with Crippen molar-refractivity contribution < 1.29 is 24.1 Å². The van der Waals surface area contributed by atoms with Crippen molar-refractivity contribution >= 4 is 45.7 Å². The Morgan fingerprint density at radius 2 is 1.68 bits per heavy atom. The van der Waals surface area contributed by atoms with Crippen molar-refractivity contribution in [2.75, 3.05) is 21.3 Å². The lowest BCUT2D eigenvalue weighted by Gasteiger charge is -2.12. The molecule has 10 heteroatoms. The number of fused-ring (bicyclic) bond motifs is 1. The number of aromatic amines is 1. The van der Waals surface area contributed by atoms with Crippen molar-refractivity contribution in [1.82, 2.24) is 4.98 Å². The van der Waals surface area contributed by atoms with Gasteiger partial charge in [-0.1, -0.05) is 23.2 Å². The first-order valence-electron chi connectivity index (χ1n) is 7.85. The molecule has 0 aliphatic heterocycles. The summed E-state index contributed by atoms with van der Waals surface area (Å²) in [5.41, 5.74) is 0.631. The van der Waals surface area contributed by atoms with Crippen LogP contribution in [0.15, 0.2) is 34.5 Å². The van der Waals surface area contributed by atoms with E-state index in [1.165, 1.54) is 39.5 Å². The fraction of sp³-hybridized carbons (Fsp3) is 0.167. The molecule has 1 aromatic heterocycles. The number of nitrogens with one attached hydrogen (secondary N) is 1. The van der Waals surface area contributed by atoms with Gasteiger partial charge in [0.25, 0.3) is 5.91 Å². The van der Waals surface area contributed by atoms with Crippen LogP contribution in [0.5, 0.6) is 23.1 Å². The Morgan fingerprint density at radius 3 is 2.25 bits per heavy atom. The van der Waals surface area contributed by atoms with Gasteiger partial charge in [-0.05, 0) is 24.3 Å². The van der Waals surface area contributed by atoms with Crippen molar-refractivity contribution in [1.29, 1.82) is 0 Å². The van der Waals surface area contributed by atoms with Gasteiger partial charge in [-0.25, -0.2) is 0 Å². The molecule has 0 fully saturated rings. The Morgan fingerprint density at radius 1 is 1.04 bits per heavy atom. The summed E-state index contributed by atoms with van der Waals surface area (Å²) < 4.78 is 15.7. The van der Waals surface area contributed by atoms with E-state index in [-0.39, 0.29) is 17.1 Å². The van der Waals surface area contributed by atoms with Crippen LogP contribution in [0.3, 0.4) is 0 Å². The number of halogens is 2. The number of aromatic hydroxyl groups is 1. The van der Waals surface area contributed by atoms with Gasteiger partial charge in [0.15, 0.2) is 17.2 Å². The second kappa shape index (κ2) is 7.95. The minimum Gasteiger partial charge on any atom is -0.493 e. The largest absolute Gasteiger partial charge is 0.493 e. The highest BCUT2D eigenvalue weighted by molar-refractivity contribution is 6.38. The molecule has 3 aromatic rings. The molecule has 146 valence electrons. The number of methoxy groups -OCH3 is 3. The number of nitrogens with zero attached hydrogens (tertiary/aromatic N) is 2. The van der Waals surface area contributed by atoms with E-state index in [0.29, 0.717) is 38.2 Å². The average Bonchev–Trinajstić information content (AvgIpc) is 3.00. The molecule has 0 radical (unpaired) electrons.